The van der Waals surface area contributed by atoms with Crippen LogP contribution in [0.1, 0.15) is 64.6 Å². The number of hydrogen-bond donors (Lipinski definition) is 1. The summed E-state index contributed by atoms with van der Waals surface area (Å²) in [6, 6.07) is 17.3. The molecule has 1 unspecified atom stereocenters. The summed E-state index contributed by atoms with van der Waals surface area (Å²) < 4.78 is 2.04. The highest BCUT2D eigenvalue weighted by Crippen LogP contribution is 2.41. The molecule has 0 saturated carbocycles. The number of rotatable bonds is 5. The Hall–Kier alpha value is -3.67. The first-order valence-corrected chi connectivity index (χ1v) is 11.8. The molecule has 1 aromatic heterocycles. The lowest BCUT2D eigenvalue weighted by Crippen LogP contribution is -2.42. The van der Waals surface area contributed by atoms with Gasteiger partial charge in [-0.1, -0.05) is 50.2 Å². The van der Waals surface area contributed by atoms with Gasteiger partial charge in [0.15, 0.2) is 5.78 Å². The summed E-state index contributed by atoms with van der Waals surface area (Å²) in [6.45, 7) is 7.89. The Labute approximate surface area is 199 Å². The van der Waals surface area contributed by atoms with Gasteiger partial charge >= 0.3 is 6.03 Å². The first kappa shape index (κ1) is 22.1. The van der Waals surface area contributed by atoms with Crippen LogP contribution in [-0.2, 0) is 16.8 Å². The molecule has 1 aliphatic carbocycles. The SMILES string of the molecule is Cc1cc(C(=O)CN2C(=O)NC3(CCc4ccccc43)C2=O)c(C)n1-c1ccc(C(C)C)cc1. The lowest BCUT2D eigenvalue weighted by molar-refractivity contribution is -0.131. The van der Waals surface area contributed by atoms with Crippen LogP contribution in [0.3, 0.4) is 0 Å². The van der Waals surface area contributed by atoms with Gasteiger partial charge in [-0.3, -0.25) is 14.5 Å². The van der Waals surface area contributed by atoms with Crippen molar-refractivity contribution in [1.82, 2.24) is 14.8 Å². The number of Topliss-reactive ketones (excluding diaryl/α,β-unsaturated/α-hetero) is 1. The Morgan fingerprint density at radius 1 is 1.06 bits per heavy atom. The number of ketones is 1. The standard InChI is InChI=1S/C28H29N3O3/c1-17(2)20-9-11-22(12-10-20)31-18(3)15-23(19(31)4)25(32)16-30-26(33)28(29-27(30)34)14-13-21-7-5-6-8-24(21)28/h5-12,15,17H,13-14,16H2,1-4H3,(H,29,34). The number of nitrogens with one attached hydrogen (secondary N) is 1. The molecule has 1 N–H and O–H groups in total. The van der Waals surface area contributed by atoms with Gasteiger partial charge in [0.1, 0.15) is 5.54 Å². The molecule has 0 radical (unpaired) electrons. The molecule has 1 fully saturated rings. The molecular weight excluding hydrogens is 426 g/mol. The van der Waals surface area contributed by atoms with E-state index in [0.717, 1.165) is 39.5 Å². The molecule has 1 spiro atoms. The third kappa shape index (κ3) is 3.28. The van der Waals surface area contributed by atoms with Crippen molar-refractivity contribution in [2.75, 3.05) is 6.54 Å². The minimum Gasteiger partial charge on any atom is -0.319 e. The van der Waals surface area contributed by atoms with E-state index >= 15 is 0 Å². The van der Waals surface area contributed by atoms with Gasteiger partial charge in [-0.05, 0) is 67.5 Å². The number of amides is 3. The lowest BCUT2D eigenvalue weighted by Gasteiger charge is -2.22. The van der Waals surface area contributed by atoms with Crippen molar-refractivity contribution in [3.05, 3.63) is 88.2 Å². The second kappa shape index (κ2) is 7.97. The molecule has 5 rings (SSSR count). The summed E-state index contributed by atoms with van der Waals surface area (Å²) >= 11 is 0. The molecule has 6 heteroatoms. The molecule has 3 amide bonds. The smallest absolute Gasteiger partial charge is 0.319 e. The molecule has 1 atom stereocenters. The van der Waals surface area contributed by atoms with E-state index in [-0.39, 0.29) is 18.2 Å². The third-order valence-electron chi connectivity index (χ3n) is 7.27. The van der Waals surface area contributed by atoms with E-state index in [1.54, 1.807) is 0 Å². The van der Waals surface area contributed by atoms with E-state index in [2.05, 4.69) is 43.4 Å². The fourth-order valence-corrected chi connectivity index (χ4v) is 5.41. The number of aryl methyl sites for hydroxylation is 2. The van der Waals surface area contributed by atoms with Gasteiger partial charge in [0, 0.05) is 22.6 Å². The number of aromatic nitrogens is 1. The van der Waals surface area contributed by atoms with Crippen molar-refractivity contribution < 1.29 is 14.4 Å². The van der Waals surface area contributed by atoms with Crippen molar-refractivity contribution >= 4 is 17.7 Å². The zero-order valence-electron chi connectivity index (χ0n) is 20.0. The minimum atomic E-state index is -1.05. The molecule has 2 aliphatic rings. The van der Waals surface area contributed by atoms with E-state index < -0.39 is 11.6 Å². The maximum Gasteiger partial charge on any atom is 0.325 e. The number of imide groups is 1. The van der Waals surface area contributed by atoms with Gasteiger partial charge in [-0.2, -0.15) is 0 Å². The van der Waals surface area contributed by atoms with E-state index in [1.165, 1.54) is 5.56 Å². The highest BCUT2D eigenvalue weighted by molar-refractivity contribution is 6.12. The quantitative estimate of drug-likeness (QED) is 0.444. The largest absolute Gasteiger partial charge is 0.325 e. The Balaban J connectivity index is 1.41. The number of carbonyl (C=O) groups is 3. The van der Waals surface area contributed by atoms with Crippen LogP contribution >= 0.6 is 0 Å². The summed E-state index contributed by atoms with van der Waals surface area (Å²) in [7, 11) is 0. The van der Waals surface area contributed by atoms with Gasteiger partial charge in [-0.15, -0.1) is 0 Å². The normalized spacial score (nSPS) is 19.3. The highest BCUT2D eigenvalue weighted by atomic mass is 16.2. The van der Waals surface area contributed by atoms with Gasteiger partial charge in [0.05, 0.1) is 6.54 Å². The summed E-state index contributed by atoms with van der Waals surface area (Å²) in [5, 5.41) is 2.89. The van der Waals surface area contributed by atoms with E-state index in [4.69, 9.17) is 0 Å². The predicted molar refractivity (Wildman–Crippen MR) is 130 cm³/mol. The monoisotopic (exact) mass is 455 g/mol. The third-order valence-corrected chi connectivity index (χ3v) is 7.27. The average molecular weight is 456 g/mol. The molecule has 174 valence electrons. The van der Waals surface area contributed by atoms with E-state index in [9.17, 15) is 14.4 Å². The van der Waals surface area contributed by atoms with Crippen LogP contribution in [-0.4, -0.2) is 33.7 Å². The summed E-state index contributed by atoms with van der Waals surface area (Å²) in [5.74, 6) is -0.142. The van der Waals surface area contributed by atoms with Crippen LogP contribution in [0, 0.1) is 13.8 Å². The maximum atomic E-state index is 13.4. The predicted octanol–water partition coefficient (Wildman–Crippen LogP) is 4.79. The summed E-state index contributed by atoms with van der Waals surface area (Å²) in [5.41, 5.74) is 5.34. The van der Waals surface area contributed by atoms with Gasteiger partial charge in [0.25, 0.3) is 5.91 Å². The number of carbonyl (C=O) groups excluding carboxylic acids is 3. The molecule has 2 heterocycles. The Kier molecular flexibility index (Phi) is 5.19. The summed E-state index contributed by atoms with van der Waals surface area (Å²) in [4.78, 5) is 40.6. The number of nitrogens with zero attached hydrogens (tertiary/aromatic N) is 2. The Morgan fingerprint density at radius 3 is 2.47 bits per heavy atom. The fourth-order valence-electron chi connectivity index (χ4n) is 5.41. The molecule has 1 aliphatic heterocycles. The average Bonchev–Trinajstić information content (AvgIpc) is 3.42. The highest BCUT2D eigenvalue weighted by Gasteiger charge is 2.55. The Bertz CT molecular complexity index is 1320. The van der Waals surface area contributed by atoms with Gasteiger partial charge in [0.2, 0.25) is 0 Å². The van der Waals surface area contributed by atoms with Crippen LogP contribution in [0.2, 0.25) is 0 Å². The van der Waals surface area contributed by atoms with Gasteiger partial charge < -0.3 is 9.88 Å². The zero-order valence-corrected chi connectivity index (χ0v) is 20.0. The molecule has 1 saturated heterocycles. The second-order valence-electron chi connectivity index (χ2n) is 9.67. The molecule has 6 nitrogen and oxygen atoms in total. The summed E-state index contributed by atoms with van der Waals surface area (Å²) in [6.07, 6.45) is 1.24. The van der Waals surface area contributed by atoms with Crippen molar-refractivity contribution in [2.24, 2.45) is 0 Å². The number of benzene rings is 2. The molecule has 34 heavy (non-hydrogen) atoms. The first-order valence-electron chi connectivity index (χ1n) is 11.8. The van der Waals surface area contributed by atoms with Crippen LogP contribution in [0.15, 0.2) is 54.6 Å². The van der Waals surface area contributed by atoms with Crippen LogP contribution in [0.4, 0.5) is 4.79 Å². The second-order valence-corrected chi connectivity index (χ2v) is 9.67. The molecule has 3 aromatic rings. The van der Waals surface area contributed by atoms with Crippen molar-refractivity contribution in [3.8, 4) is 5.69 Å². The van der Waals surface area contributed by atoms with Gasteiger partial charge in [-0.25, -0.2) is 4.79 Å². The maximum absolute atomic E-state index is 13.4. The molecular formula is C28H29N3O3. The number of hydrogen-bond acceptors (Lipinski definition) is 3. The van der Waals surface area contributed by atoms with Crippen LogP contribution < -0.4 is 5.32 Å². The Morgan fingerprint density at radius 2 is 1.76 bits per heavy atom. The fraction of sp³-hybridized carbons (Fsp3) is 0.321. The van der Waals surface area contributed by atoms with Crippen molar-refractivity contribution in [2.45, 2.75) is 52.0 Å². The number of urea groups is 1. The van der Waals surface area contributed by atoms with E-state index in [0.29, 0.717) is 17.9 Å². The van der Waals surface area contributed by atoms with Crippen molar-refractivity contribution in [1.29, 1.82) is 0 Å². The van der Waals surface area contributed by atoms with Crippen molar-refractivity contribution in [3.63, 3.8) is 0 Å². The van der Waals surface area contributed by atoms with Crippen LogP contribution in [0.25, 0.3) is 5.69 Å². The van der Waals surface area contributed by atoms with E-state index in [1.807, 2.05) is 48.7 Å². The molecule has 0 bridgehead atoms. The zero-order chi connectivity index (χ0) is 24.2. The van der Waals surface area contributed by atoms with Crippen LogP contribution in [0.5, 0.6) is 0 Å². The molecule has 2 aromatic carbocycles. The number of fused-ring (bicyclic) bond motifs is 2. The minimum absolute atomic E-state index is 0.245. The topological polar surface area (TPSA) is 71.4 Å². The first-order chi connectivity index (χ1) is 16.2. The lowest BCUT2D eigenvalue weighted by atomic mass is 9.92.